The van der Waals surface area contributed by atoms with Crippen LogP contribution in [-0.2, 0) is 9.53 Å². The minimum Gasteiger partial charge on any atom is -0.394 e. The van der Waals surface area contributed by atoms with Crippen LogP contribution in [0.15, 0.2) is 54.6 Å². The molecule has 2 aromatic carbocycles. The number of carbonyl (C=O) groups excluding carboxylic acids is 1. The maximum atomic E-state index is 12.0. The predicted octanol–water partition coefficient (Wildman–Crippen LogP) is 2.78. The molecular weight excluding hydrogens is 348 g/mol. The molecule has 0 saturated carbocycles. The second kappa shape index (κ2) is 10.2. The molecule has 142 valence electrons. The molecule has 2 N–H and O–H groups in total. The van der Waals surface area contributed by atoms with Gasteiger partial charge in [0.15, 0.2) is 0 Å². The second-order valence-electron chi connectivity index (χ2n) is 5.92. The van der Waals surface area contributed by atoms with Crippen LogP contribution in [0.1, 0.15) is 22.8 Å². The van der Waals surface area contributed by atoms with Crippen LogP contribution in [0.3, 0.4) is 0 Å². The van der Waals surface area contributed by atoms with Crippen molar-refractivity contribution in [1.29, 1.82) is 0 Å². The van der Waals surface area contributed by atoms with Crippen molar-refractivity contribution in [2.24, 2.45) is 0 Å². The lowest BCUT2D eigenvalue weighted by molar-refractivity contribution is -0.384. The lowest BCUT2D eigenvalue weighted by atomic mass is 10.1. The summed E-state index contributed by atoms with van der Waals surface area (Å²) >= 11 is 0. The molecule has 0 heterocycles. The zero-order chi connectivity index (χ0) is 19.6. The number of hydrogen-bond acceptors (Lipinski definition) is 5. The van der Waals surface area contributed by atoms with Gasteiger partial charge in [0.2, 0.25) is 5.91 Å². The maximum Gasteiger partial charge on any atom is 0.269 e. The number of rotatable bonds is 9. The molecule has 0 bridgehead atoms. The molecule has 0 radical (unpaired) electrons. The zero-order valence-electron chi connectivity index (χ0n) is 15.0. The van der Waals surface area contributed by atoms with Crippen molar-refractivity contribution < 1.29 is 19.6 Å². The van der Waals surface area contributed by atoms with Crippen molar-refractivity contribution in [3.63, 3.8) is 0 Å². The summed E-state index contributed by atoms with van der Waals surface area (Å²) < 4.78 is 5.61. The third-order valence-electron chi connectivity index (χ3n) is 3.85. The number of nitrogens with one attached hydrogen (secondary N) is 1. The smallest absolute Gasteiger partial charge is 0.269 e. The van der Waals surface area contributed by atoms with Crippen LogP contribution in [0.2, 0.25) is 0 Å². The SMILES string of the molecule is Cc1ccc(C(CNC(=O)/C=C/c2ccc([N+](=O)[O-])cc2)OCCO)cc1. The van der Waals surface area contributed by atoms with Gasteiger partial charge < -0.3 is 15.2 Å². The largest absolute Gasteiger partial charge is 0.394 e. The number of benzene rings is 2. The molecule has 0 aliphatic heterocycles. The molecule has 0 aliphatic carbocycles. The van der Waals surface area contributed by atoms with Crippen molar-refractivity contribution in [3.05, 3.63) is 81.4 Å². The number of nitrogens with zero attached hydrogens (tertiary/aromatic N) is 1. The van der Waals surface area contributed by atoms with E-state index < -0.39 is 4.92 Å². The molecular formula is C20H22N2O5. The summed E-state index contributed by atoms with van der Waals surface area (Å²) in [6.07, 6.45) is 2.57. The summed E-state index contributed by atoms with van der Waals surface area (Å²) in [4.78, 5) is 22.2. The first-order valence-electron chi connectivity index (χ1n) is 8.49. The fourth-order valence-electron chi connectivity index (χ4n) is 2.38. The Morgan fingerprint density at radius 2 is 1.89 bits per heavy atom. The van der Waals surface area contributed by atoms with Crippen LogP contribution in [0.4, 0.5) is 5.69 Å². The van der Waals surface area contributed by atoms with E-state index in [0.29, 0.717) is 5.56 Å². The number of hydrogen-bond donors (Lipinski definition) is 2. The fraction of sp³-hybridized carbons (Fsp3) is 0.250. The highest BCUT2D eigenvalue weighted by Crippen LogP contribution is 2.17. The number of carbonyl (C=O) groups is 1. The number of nitro benzene ring substituents is 1. The Balaban J connectivity index is 1.93. The first-order chi connectivity index (χ1) is 13.0. The summed E-state index contributed by atoms with van der Waals surface area (Å²) in [5.74, 6) is -0.307. The van der Waals surface area contributed by atoms with E-state index in [9.17, 15) is 14.9 Å². The van der Waals surface area contributed by atoms with Gasteiger partial charge in [0.1, 0.15) is 0 Å². The Morgan fingerprint density at radius 1 is 1.22 bits per heavy atom. The number of non-ortho nitro benzene ring substituents is 1. The minimum absolute atomic E-state index is 0.00132. The van der Waals surface area contributed by atoms with E-state index in [1.54, 1.807) is 18.2 Å². The molecule has 2 rings (SSSR count). The van der Waals surface area contributed by atoms with Gasteiger partial charge in [-0.05, 0) is 36.3 Å². The molecule has 1 atom stereocenters. The number of amides is 1. The van der Waals surface area contributed by atoms with Crippen molar-refractivity contribution in [2.45, 2.75) is 13.0 Å². The van der Waals surface area contributed by atoms with Gasteiger partial charge in [0.25, 0.3) is 5.69 Å². The van der Waals surface area contributed by atoms with Crippen molar-refractivity contribution in [1.82, 2.24) is 5.32 Å². The molecule has 0 saturated heterocycles. The van der Waals surface area contributed by atoms with E-state index in [0.717, 1.165) is 11.1 Å². The van der Waals surface area contributed by atoms with Crippen LogP contribution in [0.25, 0.3) is 6.08 Å². The van der Waals surface area contributed by atoms with Crippen LogP contribution in [0.5, 0.6) is 0 Å². The molecule has 0 fully saturated rings. The molecule has 0 aromatic heterocycles. The Morgan fingerprint density at radius 3 is 2.48 bits per heavy atom. The van der Waals surface area contributed by atoms with Gasteiger partial charge in [0.05, 0.1) is 24.2 Å². The second-order valence-corrected chi connectivity index (χ2v) is 5.92. The summed E-state index contributed by atoms with van der Waals surface area (Å²) in [7, 11) is 0. The first kappa shape index (κ1) is 20.3. The van der Waals surface area contributed by atoms with Gasteiger partial charge in [-0.3, -0.25) is 14.9 Å². The van der Waals surface area contributed by atoms with E-state index in [-0.39, 0.29) is 37.5 Å². The third-order valence-corrected chi connectivity index (χ3v) is 3.85. The van der Waals surface area contributed by atoms with Gasteiger partial charge in [0, 0.05) is 24.8 Å². The van der Waals surface area contributed by atoms with Gasteiger partial charge in [-0.1, -0.05) is 29.8 Å². The quantitative estimate of drug-likeness (QED) is 0.401. The first-order valence-corrected chi connectivity index (χ1v) is 8.49. The number of aliphatic hydroxyl groups is 1. The van der Waals surface area contributed by atoms with Gasteiger partial charge in [-0.15, -0.1) is 0 Å². The predicted molar refractivity (Wildman–Crippen MR) is 102 cm³/mol. The summed E-state index contributed by atoms with van der Waals surface area (Å²) in [6, 6.07) is 13.7. The van der Waals surface area contributed by atoms with Crippen LogP contribution < -0.4 is 5.32 Å². The van der Waals surface area contributed by atoms with Crippen LogP contribution in [-0.4, -0.2) is 35.7 Å². The molecule has 0 spiro atoms. The molecule has 2 aromatic rings. The van der Waals surface area contributed by atoms with E-state index in [1.807, 2.05) is 31.2 Å². The maximum absolute atomic E-state index is 12.0. The average molecular weight is 370 g/mol. The number of ether oxygens (including phenoxy) is 1. The molecule has 27 heavy (non-hydrogen) atoms. The lowest BCUT2D eigenvalue weighted by Crippen LogP contribution is -2.28. The normalized spacial score (nSPS) is 12.1. The standard InChI is InChI=1S/C20H22N2O5/c1-15-2-7-17(8-3-15)19(27-13-12-23)14-21-20(24)11-6-16-4-9-18(10-5-16)22(25)26/h2-11,19,23H,12-14H2,1H3,(H,21,24)/b11-6+. The van der Waals surface area contributed by atoms with Crippen LogP contribution in [0, 0.1) is 17.0 Å². The Bertz CT molecular complexity index is 785. The third kappa shape index (κ3) is 6.65. The van der Waals surface area contributed by atoms with E-state index in [2.05, 4.69) is 5.32 Å². The van der Waals surface area contributed by atoms with Gasteiger partial charge >= 0.3 is 0 Å². The summed E-state index contributed by atoms with van der Waals surface area (Å²) in [5, 5.41) is 22.4. The van der Waals surface area contributed by atoms with Gasteiger partial charge in [-0.25, -0.2) is 0 Å². The molecule has 1 unspecified atom stereocenters. The summed E-state index contributed by atoms with van der Waals surface area (Å²) in [6.45, 7) is 2.31. The van der Waals surface area contributed by atoms with Crippen molar-refractivity contribution in [2.75, 3.05) is 19.8 Å². The average Bonchev–Trinajstić information content (AvgIpc) is 2.67. The number of aryl methyl sites for hydroxylation is 1. The Labute approximate surface area is 157 Å². The highest BCUT2D eigenvalue weighted by atomic mass is 16.6. The topological polar surface area (TPSA) is 102 Å². The Kier molecular flexibility index (Phi) is 7.66. The number of aliphatic hydroxyl groups excluding tert-OH is 1. The fourth-order valence-corrected chi connectivity index (χ4v) is 2.38. The monoisotopic (exact) mass is 370 g/mol. The van der Waals surface area contributed by atoms with E-state index in [4.69, 9.17) is 9.84 Å². The van der Waals surface area contributed by atoms with Crippen LogP contribution >= 0.6 is 0 Å². The molecule has 7 nitrogen and oxygen atoms in total. The van der Waals surface area contributed by atoms with Crippen molar-refractivity contribution >= 4 is 17.7 Å². The number of nitro groups is 1. The molecule has 1 amide bonds. The highest BCUT2D eigenvalue weighted by molar-refractivity contribution is 5.91. The van der Waals surface area contributed by atoms with Crippen molar-refractivity contribution in [3.8, 4) is 0 Å². The zero-order valence-corrected chi connectivity index (χ0v) is 15.0. The minimum atomic E-state index is -0.474. The highest BCUT2D eigenvalue weighted by Gasteiger charge is 2.12. The van der Waals surface area contributed by atoms with E-state index >= 15 is 0 Å². The Hall–Kier alpha value is -3.03. The van der Waals surface area contributed by atoms with Gasteiger partial charge in [-0.2, -0.15) is 0 Å². The lowest BCUT2D eigenvalue weighted by Gasteiger charge is -2.18. The molecule has 7 heteroatoms. The molecule has 0 aliphatic rings. The van der Waals surface area contributed by atoms with E-state index in [1.165, 1.54) is 18.2 Å². The summed E-state index contributed by atoms with van der Waals surface area (Å²) in [5.41, 5.74) is 2.71.